The third-order valence-corrected chi connectivity index (χ3v) is 4.05. The van der Waals surface area contributed by atoms with Crippen LogP contribution in [0.15, 0.2) is 54.6 Å². The average Bonchev–Trinajstić information content (AvgIpc) is 3.00. The molecule has 0 atom stereocenters. The molecule has 0 unspecified atom stereocenters. The SMILES string of the molecule is CC(C)(C)c1ccc(-n2nc(C(=O)O)cc2-c2ccc(F)cc2)cc1. The largest absolute Gasteiger partial charge is 0.476 e. The second-order valence-corrected chi connectivity index (χ2v) is 6.94. The van der Waals surface area contributed by atoms with Crippen LogP contribution in [0.5, 0.6) is 0 Å². The van der Waals surface area contributed by atoms with E-state index in [1.807, 2.05) is 24.3 Å². The van der Waals surface area contributed by atoms with Gasteiger partial charge >= 0.3 is 5.97 Å². The Morgan fingerprint density at radius 3 is 2.16 bits per heavy atom. The molecule has 0 bridgehead atoms. The molecule has 5 heteroatoms. The standard InChI is InChI=1S/C20H19FN2O2/c1-20(2,3)14-6-10-16(11-7-14)23-18(12-17(22-23)19(24)25)13-4-8-15(21)9-5-13/h4-12H,1-3H3,(H,24,25). The average molecular weight is 338 g/mol. The quantitative estimate of drug-likeness (QED) is 0.755. The first-order valence-corrected chi connectivity index (χ1v) is 7.96. The van der Waals surface area contributed by atoms with Gasteiger partial charge in [-0.3, -0.25) is 0 Å². The second-order valence-electron chi connectivity index (χ2n) is 6.94. The van der Waals surface area contributed by atoms with Gasteiger partial charge in [0.1, 0.15) is 5.82 Å². The second kappa shape index (κ2) is 6.16. The fraction of sp³-hybridized carbons (Fsp3) is 0.200. The molecule has 25 heavy (non-hydrogen) atoms. The van der Waals surface area contributed by atoms with Gasteiger partial charge in [-0.1, -0.05) is 32.9 Å². The molecule has 128 valence electrons. The van der Waals surface area contributed by atoms with Gasteiger partial charge in [-0.05, 0) is 53.4 Å². The zero-order valence-electron chi connectivity index (χ0n) is 14.3. The summed E-state index contributed by atoms with van der Waals surface area (Å²) in [6.07, 6.45) is 0. The number of aromatic carboxylic acids is 1. The van der Waals surface area contributed by atoms with Gasteiger partial charge in [0.15, 0.2) is 5.69 Å². The van der Waals surface area contributed by atoms with E-state index in [1.54, 1.807) is 16.8 Å². The van der Waals surface area contributed by atoms with Crippen LogP contribution in [0.25, 0.3) is 16.9 Å². The van der Waals surface area contributed by atoms with Crippen molar-refractivity contribution in [2.45, 2.75) is 26.2 Å². The number of aromatic nitrogens is 2. The molecule has 1 heterocycles. The van der Waals surface area contributed by atoms with Gasteiger partial charge in [-0.15, -0.1) is 0 Å². The zero-order valence-corrected chi connectivity index (χ0v) is 14.3. The lowest BCUT2D eigenvalue weighted by atomic mass is 9.87. The molecular formula is C20H19FN2O2. The number of hydrogen-bond donors (Lipinski definition) is 1. The molecule has 0 saturated carbocycles. The lowest BCUT2D eigenvalue weighted by Crippen LogP contribution is -2.11. The molecule has 4 nitrogen and oxygen atoms in total. The molecule has 0 saturated heterocycles. The van der Waals surface area contributed by atoms with Crippen molar-refractivity contribution in [1.82, 2.24) is 9.78 Å². The van der Waals surface area contributed by atoms with Crippen molar-refractivity contribution < 1.29 is 14.3 Å². The number of carboxylic acids is 1. The zero-order chi connectivity index (χ0) is 18.2. The number of benzene rings is 2. The van der Waals surface area contributed by atoms with Crippen molar-refractivity contribution in [2.75, 3.05) is 0 Å². The summed E-state index contributed by atoms with van der Waals surface area (Å²) in [5, 5.41) is 13.5. The maximum atomic E-state index is 13.2. The first-order chi connectivity index (χ1) is 11.8. The summed E-state index contributed by atoms with van der Waals surface area (Å²) in [6, 6.07) is 15.2. The molecule has 3 rings (SSSR count). The summed E-state index contributed by atoms with van der Waals surface area (Å²) in [7, 11) is 0. The number of nitrogens with zero attached hydrogens (tertiary/aromatic N) is 2. The van der Waals surface area contributed by atoms with Gasteiger partial charge in [0.05, 0.1) is 11.4 Å². The number of hydrogen-bond acceptors (Lipinski definition) is 2. The van der Waals surface area contributed by atoms with Crippen molar-refractivity contribution >= 4 is 5.97 Å². The van der Waals surface area contributed by atoms with E-state index in [9.17, 15) is 14.3 Å². The minimum Gasteiger partial charge on any atom is -0.476 e. The lowest BCUT2D eigenvalue weighted by Gasteiger charge is -2.19. The van der Waals surface area contributed by atoms with E-state index >= 15 is 0 Å². The minimum atomic E-state index is -1.10. The van der Waals surface area contributed by atoms with Gasteiger partial charge in [0.25, 0.3) is 0 Å². The van der Waals surface area contributed by atoms with Crippen LogP contribution in [0, 0.1) is 5.82 Å². The molecule has 1 N–H and O–H groups in total. The molecule has 0 aliphatic rings. The van der Waals surface area contributed by atoms with Crippen LogP contribution in [0.2, 0.25) is 0 Å². The van der Waals surface area contributed by atoms with E-state index in [0.717, 1.165) is 5.69 Å². The number of rotatable bonds is 3. The third kappa shape index (κ3) is 3.45. The molecule has 2 aromatic carbocycles. The molecule has 0 radical (unpaired) electrons. The summed E-state index contributed by atoms with van der Waals surface area (Å²) >= 11 is 0. The van der Waals surface area contributed by atoms with E-state index < -0.39 is 5.97 Å². The molecule has 1 aromatic heterocycles. The lowest BCUT2D eigenvalue weighted by molar-refractivity contribution is 0.0690. The van der Waals surface area contributed by atoms with Crippen LogP contribution in [0.1, 0.15) is 36.8 Å². The highest BCUT2D eigenvalue weighted by atomic mass is 19.1. The van der Waals surface area contributed by atoms with Crippen LogP contribution >= 0.6 is 0 Å². The monoisotopic (exact) mass is 338 g/mol. The van der Waals surface area contributed by atoms with Crippen LogP contribution in [-0.2, 0) is 5.41 Å². The number of carbonyl (C=O) groups is 1. The van der Waals surface area contributed by atoms with Crippen LogP contribution < -0.4 is 0 Å². The van der Waals surface area contributed by atoms with Crippen molar-refractivity contribution in [2.24, 2.45) is 0 Å². The Labute approximate surface area is 145 Å². The Hall–Kier alpha value is -2.95. The fourth-order valence-corrected chi connectivity index (χ4v) is 2.61. The first-order valence-electron chi connectivity index (χ1n) is 7.96. The van der Waals surface area contributed by atoms with E-state index in [0.29, 0.717) is 11.3 Å². The Morgan fingerprint density at radius 1 is 1.04 bits per heavy atom. The normalized spacial score (nSPS) is 11.5. The minimum absolute atomic E-state index is 0.0225. The predicted molar refractivity (Wildman–Crippen MR) is 94.6 cm³/mol. The Balaban J connectivity index is 2.11. The van der Waals surface area contributed by atoms with Crippen LogP contribution in [0.4, 0.5) is 4.39 Å². The fourth-order valence-electron chi connectivity index (χ4n) is 2.61. The molecule has 0 aliphatic carbocycles. The van der Waals surface area contributed by atoms with E-state index in [2.05, 4.69) is 25.9 Å². The predicted octanol–water partition coefficient (Wildman–Crippen LogP) is 4.67. The third-order valence-electron chi connectivity index (χ3n) is 4.05. The summed E-state index contributed by atoms with van der Waals surface area (Å²) in [4.78, 5) is 11.3. The number of carboxylic acid groups (broad SMARTS) is 1. The Kier molecular flexibility index (Phi) is 4.17. The highest BCUT2D eigenvalue weighted by Crippen LogP contribution is 2.27. The summed E-state index contributed by atoms with van der Waals surface area (Å²) in [6.45, 7) is 6.38. The summed E-state index contributed by atoms with van der Waals surface area (Å²) in [5.41, 5.74) is 3.18. The molecular weight excluding hydrogens is 319 g/mol. The molecule has 0 fully saturated rings. The molecule has 0 aliphatic heterocycles. The molecule has 3 aromatic rings. The first kappa shape index (κ1) is 16.9. The van der Waals surface area contributed by atoms with Crippen molar-refractivity contribution in [3.63, 3.8) is 0 Å². The van der Waals surface area contributed by atoms with Crippen LogP contribution in [-0.4, -0.2) is 20.9 Å². The number of halogens is 1. The van der Waals surface area contributed by atoms with Crippen molar-refractivity contribution in [1.29, 1.82) is 0 Å². The van der Waals surface area contributed by atoms with Gasteiger partial charge in [-0.25, -0.2) is 13.9 Å². The molecule has 0 amide bonds. The van der Waals surface area contributed by atoms with Gasteiger partial charge in [-0.2, -0.15) is 5.10 Å². The van der Waals surface area contributed by atoms with E-state index in [4.69, 9.17) is 0 Å². The van der Waals surface area contributed by atoms with Gasteiger partial charge in [0, 0.05) is 5.56 Å². The van der Waals surface area contributed by atoms with E-state index in [1.165, 1.54) is 23.8 Å². The smallest absolute Gasteiger partial charge is 0.356 e. The van der Waals surface area contributed by atoms with Crippen molar-refractivity contribution in [3.8, 4) is 16.9 Å². The summed E-state index contributed by atoms with van der Waals surface area (Å²) in [5.74, 6) is -1.45. The van der Waals surface area contributed by atoms with Gasteiger partial charge < -0.3 is 5.11 Å². The van der Waals surface area contributed by atoms with Gasteiger partial charge in [0.2, 0.25) is 0 Å². The topological polar surface area (TPSA) is 55.1 Å². The molecule has 0 spiro atoms. The highest BCUT2D eigenvalue weighted by molar-refractivity contribution is 5.87. The van der Waals surface area contributed by atoms with Crippen LogP contribution in [0.3, 0.4) is 0 Å². The maximum Gasteiger partial charge on any atom is 0.356 e. The Morgan fingerprint density at radius 2 is 1.64 bits per heavy atom. The maximum absolute atomic E-state index is 13.2. The van der Waals surface area contributed by atoms with Crippen molar-refractivity contribution in [3.05, 3.63) is 71.7 Å². The highest BCUT2D eigenvalue weighted by Gasteiger charge is 2.17. The Bertz CT molecular complexity index is 904. The van der Waals surface area contributed by atoms with E-state index in [-0.39, 0.29) is 16.9 Å². The summed E-state index contributed by atoms with van der Waals surface area (Å²) < 4.78 is 14.8.